The number of nitrogen functional groups attached to an aromatic ring is 1. The second-order valence-electron chi connectivity index (χ2n) is 7.64. The average molecular weight is 469 g/mol. The van der Waals surface area contributed by atoms with Crippen LogP contribution in [-0.2, 0) is 0 Å². The molecule has 5 aromatic rings. The summed E-state index contributed by atoms with van der Waals surface area (Å²) in [6.07, 6.45) is 0. The summed E-state index contributed by atoms with van der Waals surface area (Å²) >= 11 is 5.58. The number of nitrogens with zero attached hydrogens (tertiary/aromatic N) is 3. The number of halogens is 1. The van der Waals surface area contributed by atoms with Crippen LogP contribution in [0, 0.1) is 10.6 Å². The Balaban J connectivity index is 1.88. The Morgan fingerprint density at radius 3 is 2.35 bits per heavy atom. The Bertz CT molecular complexity index is 1550. The van der Waals surface area contributed by atoms with Crippen molar-refractivity contribution in [2.24, 2.45) is 0 Å². The molecule has 2 heterocycles. The van der Waals surface area contributed by atoms with Crippen molar-refractivity contribution < 1.29 is 9.13 Å². The predicted octanol–water partition coefficient (Wildman–Crippen LogP) is 6.60. The van der Waals surface area contributed by atoms with E-state index in [1.165, 1.54) is 12.1 Å². The number of rotatable bonds is 5. The van der Waals surface area contributed by atoms with Gasteiger partial charge < -0.3 is 10.5 Å². The number of benzene rings is 3. The predicted molar refractivity (Wildman–Crippen MR) is 136 cm³/mol. The zero-order valence-electron chi connectivity index (χ0n) is 18.4. The van der Waals surface area contributed by atoms with Gasteiger partial charge in [-0.05, 0) is 55.5 Å². The zero-order chi connectivity index (χ0) is 23.7. The van der Waals surface area contributed by atoms with E-state index in [0.29, 0.717) is 29.1 Å². The number of aromatic nitrogens is 3. The molecule has 0 saturated heterocycles. The number of anilines is 1. The Labute approximate surface area is 201 Å². The van der Waals surface area contributed by atoms with Crippen LogP contribution in [0.5, 0.6) is 5.75 Å². The van der Waals surface area contributed by atoms with Crippen molar-refractivity contribution >= 4 is 29.1 Å². The summed E-state index contributed by atoms with van der Waals surface area (Å²) in [5.41, 5.74) is 11.2. The number of fused-ring (bicyclic) bond motifs is 1. The summed E-state index contributed by atoms with van der Waals surface area (Å²) in [5.74, 6) is 0.754. The number of pyridine rings is 1. The van der Waals surface area contributed by atoms with Gasteiger partial charge in [0, 0.05) is 16.7 Å². The van der Waals surface area contributed by atoms with Crippen molar-refractivity contribution in [1.82, 2.24) is 14.5 Å². The topological polar surface area (TPSA) is 66.0 Å². The number of hydrogen-bond acceptors (Lipinski definition) is 5. The molecule has 0 saturated carbocycles. The van der Waals surface area contributed by atoms with Crippen LogP contribution < -0.4 is 10.5 Å². The first-order chi connectivity index (χ1) is 16.6. The van der Waals surface area contributed by atoms with Crippen LogP contribution >= 0.6 is 12.2 Å². The van der Waals surface area contributed by atoms with Gasteiger partial charge >= 0.3 is 0 Å². The summed E-state index contributed by atoms with van der Waals surface area (Å²) in [5, 5.41) is 0.643. The smallest absolute Gasteiger partial charge is 0.207 e. The monoisotopic (exact) mass is 468 g/mol. The SMILES string of the molecule is CCOc1ccccc1-c1cc(-c2ccccc2)nc2nc(=S)n(-c3ccc(F)cc3)c(N)c12. The lowest BCUT2D eigenvalue weighted by Crippen LogP contribution is -2.09. The van der Waals surface area contributed by atoms with Gasteiger partial charge in [-0.3, -0.25) is 4.57 Å². The molecule has 7 heteroatoms. The third-order valence-electron chi connectivity index (χ3n) is 5.52. The Kier molecular flexibility index (Phi) is 5.77. The van der Waals surface area contributed by atoms with Gasteiger partial charge in [-0.25, -0.2) is 9.37 Å². The summed E-state index contributed by atoms with van der Waals surface area (Å²) in [6, 6.07) is 25.6. The van der Waals surface area contributed by atoms with Crippen LogP contribution in [0.25, 0.3) is 39.1 Å². The lowest BCUT2D eigenvalue weighted by molar-refractivity contribution is 0.341. The van der Waals surface area contributed by atoms with E-state index in [-0.39, 0.29) is 10.6 Å². The van der Waals surface area contributed by atoms with E-state index in [2.05, 4.69) is 4.98 Å². The number of para-hydroxylation sites is 1. The van der Waals surface area contributed by atoms with Crippen LogP contribution in [0.1, 0.15) is 6.92 Å². The quantitative estimate of drug-likeness (QED) is 0.294. The van der Waals surface area contributed by atoms with Gasteiger partial charge in [0.2, 0.25) is 4.77 Å². The highest BCUT2D eigenvalue weighted by Gasteiger charge is 2.19. The molecule has 0 amide bonds. The van der Waals surface area contributed by atoms with Crippen LogP contribution in [0.4, 0.5) is 10.2 Å². The van der Waals surface area contributed by atoms with Crippen LogP contribution in [0.15, 0.2) is 84.9 Å². The molecule has 0 atom stereocenters. The minimum absolute atomic E-state index is 0.235. The molecule has 168 valence electrons. The molecule has 0 radical (unpaired) electrons. The molecule has 0 bridgehead atoms. The molecule has 0 unspecified atom stereocenters. The Hall–Kier alpha value is -4.10. The average Bonchev–Trinajstić information content (AvgIpc) is 2.85. The van der Waals surface area contributed by atoms with E-state index in [1.54, 1.807) is 16.7 Å². The molecule has 5 nitrogen and oxygen atoms in total. The van der Waals surface area contributed by atoms with E-state index in [9.17, 15) is 4.39 Å². The summed E-state index contributed by atoms with van der Waals surface area (Å²) in [6.45, 7) is 2.46. The van der Waals surface area contributed by atoms with E-state index in [1.807, 2.05) is 67.6 Å². The van der Waals surface area contributed by atoms with Gasteiger partial charge in [0.1, 0.15) is 17.4 Å². The van der Waals surface area contributed by atoms with E-state index in [4.69, 9.17) is 27.7 Å². The van der Waals surface area contributed by atoms with Crippen molar-refractivity contribution in [2.75, 3.05) is 12.3 Å². The second kappa shape index (κ2) is 9.03. The fourth-order valence-electron chi connectivity index (χ4n) is 4.00. The first-order valence-corrected chi connectivity index (χ1v) is 11.2. The summed E-state index contributed by atoms with van der Waals surface area (Å²) in [4.78, 5) is 9.44. The number of ether oxygens (including phenoxy) is 1. The highest BCUT2D eigenvalue weighted by Crippen LogP contribution is 2.39. The molecular weight excluding hydrogens is 447 g/mol. The van der Waals surface area contributed by atoms with Gasteiger partial charge in [0.15, 0.2) is 5.65 Å². The van der Waals surface area contributed by atoms with E-state index >= 15 is 0 Å². The first-order valence-electron chi connectivity index (χ1n) is 10.8. The normalized spacial score (nSPS) is 11.0. The molecule has 2 aromatic heterocycles. The highest BCUT2D eigenvalue weighted by molar-refractivity contribution is 7.71. The molecule has 2 N–H and O–H groups in total. The number of nitrogens with two attached hydrogens (primary N) is 1. The fourth-order valence-corrected chi connectivity index (χ4v) is 4.29. The molecule has 0 aliphatic carbocycles. The Morgan fingerprint density at radius 2 is 1.62 bits per heavy atom. The minimum atomic E-state index is -0.344. The summed E-state index contributed by atoms with van der Waals surface area (Å²) in [7, 11) is 0. The van der Waals surface area contributed by atoms with Gasteiger partial charge in [0.25, 0.3) is 0 Å². The van der Waals surface area contributed by atoms with Crippen molar-refractivity contribution in [1.29, 1.82) is 0 Å². The second-order valence-corrected chi connectivity index (χ2v) is 8.01. The van der Waals surface area contributed by atoms with Crippen molar-refractivity contribution in [2.45, 2.75) is 6.92 Å². The zero-order valence-corrected chi connectivity index (χ0v) is 19.2. The van der Waals surface area contributed by atoms with Gasteiger partial charge in [-0.2, -0.15) is 4.98 Å². The highest BCUT2D eigenvalue weighted by atomic mass is 32.1. The molecule has 0 aliphatic heterocycles. The maximum Gasteiger partial charge on any atom is 0.207 e. The van der Waals surface area contributed by atoms with E-state index in [0.717, 1.165) is 28.1 Å². The molecule has 34 heavy (non-hydrogen) atoms. The third kappa shape index (κ3) is 3.91. The molecular formula is C27H21FN4OS. The molecule has 5 rings (SSSR count). The van der Waals surface area contributed by atoms with E-state index < -0.39 is 0 Å². The number of hydrogen-bond donors (Lipinski definition) is 1. The molecule has 3 aromatic carbocycles. The largest absolute Gasteiger partial charge is 0.493 e. The molecule has 0 aliphatic rings. The van der Waals surface area contributed by atoms with Gasteiger partial charge in [-0.15, -0.1) is 0 Å². The fraction of sp³-hybridized carbons (Fsp3) is 0.0741. The molecule has 0 spiro atoms. The minimum Gasteiger partial charge on any atom is -0.493 e. The lowest BCUT2D eigenvalue weighted by atomic mass is 9.99. The van der Waals surface area contributed by atoms with Gasteiger partial charge in [0.05, 0.1) is 23.4 Å². The maximum absolute atomic E-state index is 13.6. The van der Waals surface area contributed by atoms with Crippen molar-refractivity contribution in [3.63, 3.8) is 0 Å². The Morgan fingerprint density at radius 1 is 0.912 bits per heavy atom. The van der Waals surface area contributed by atoms with Crippen LogP contribution in [-0.4, -0.2) is 21.1 Å². The van der Waals surface area contributed by atoms with Crippen LogP contribution in [0.2, 0.25) is 0 Å². The molecule has 0 fully saturated rings. The van der Waals surface area contributed by atoms with Crippen LogP contribution in [0.3, 0.4) is 0 Å². The third-order valence-corrected chi connectivity index (χ3v) is 5.80. The first kappa shape index (κ1) is 21.7. The maximum atomic E-state index is 13.6. The lowest BCUT2D eigenvalue weighted by Gasteiger charge is -2.18. The van der Waals surface area contributed by atoms with Crippen molar-refractivity contribution in [3.8, 4) is 33.8 Å². The standard InChI is InChI=1S/C27H21FN4OS/c1-2-33-23-11-7-6-10-20(23)21-16-22(17-8-4-3-5-9-17)30-26-24(21)25(29)32(27(34)31-26)19-14-12-18(28)13-15-19/h3-16H,2,29H2,1H3. The van der Waals surface area contributed by atoms with Gasteiger partial charge in [-0.1, -0.05) is 48.5 Å². The van der Waals surface area contributed by atoms with Crippen molar-refractivity contribution in [3.05, 3.63) is 95.5 Å². The summed E-state index contributed by atoms with van der Waals surface area (Å²) < 4.78 is 21.4.